The van der Waals surface area contributed by atoms with E-state index in [-0.39, 0.29) is 18.4 Å². The highest BCUT2D eigenvalue weighted by Gasteiger charge is 2.25. The average molecular weight is 291 g/mol. The summed E-state index contributed by atoms with van der Waals surface area (Å²) < 4.78 is 0. The Balaban J connectivity index is 1.53. The van der Waals surface area contributed by atoms with E-state index in [4.69, 9.17) is 5.11 Å². The lowest BCUT2D eigenvalue weighted by Gasteiger charge is -2.16. The van der Waals surface area contributed by atoms with Gasteiger partial charge in [0.2, 0.25) is 5.91 Å². The highest BCUT2D eigenvalue weighted by Crippen LogP contribution is 2.28. The zero-order valence-electron chi connectivity index (χ0n) is 11.7. The van der Waals surface area contributed by atoms with Gasteiger partial charge < -0.3 is 10.0 Å². The molecule has 1 heterocycles. The summed E-state index contributed by atoms with van der Waals surface area (Å²) in [5.41, 5.74) is 2.94. The third-order valence-corrected chi connectivity index (χ3v) is 5.31. The number of nitrogens with zero attached hydrogens (tertiary/aromatic N) is 1. The zero-order valence-corrected chi connectivity index (χ0v) is 12.5. The van der Waals surface area contributed by atoms with Gasteiger partial charge in [0, 0.05) is 30.5 Å². The van der Waals surface area contributed by atoms with Crippen LogP contribution in [0.25, 0.3) is 0 Å². The summed E-state index contributed by atoms with van der Waals surface area (Å²) >= 11 is 1.64. The maximum atomic E-state index is 12.1. The van der Waals surface area contributed by atoms with E-state index >= 15 is 0 Å². The molecule has 4 heteroatoms. The minimum Gasteiger partial charge on any atom is -0.396 e. The van der Waals surface area contributed by atoms with Gasteiger partial charge in [0.15, 0.2) is 0 Å². The lowest BCUT2D eigenvalue weighted by Crippen LogP contribution is -2.30. The molecular formula is C16H21NO2S. The number of aliphatic hydroxyl groups excluding tert-OH is 1. The van der Waals surface area contributed by atoms with Gasteiger partial charge in [0.05, 0.1) is 5.75 Å². The van der Waals surface area contributed by atoms with E-state index in [1.807, 2.05) is 4.90 Å². The van der Waals surface area contributed by atoms with Crippen LogP contribution in [0.3, 0.4) is 0 Å². The number of amides is 1. The normalized spacial score (nSPS) is 21.2. The van der Waals surface area contributed by atoms with E-state index in [1.54, 1.807) is 11.8 Å². The zero-order chi connectivity index (χ0) is 13.9. The highest BCUT2D eigenvalue weighted by molar-refractivity contribution is 8.00. The summed E-state index contributed by atoms with van der Waals surface area (Å²) in [6, 6.07) is 6.61. The molecule has 0 bridgehead atoms. The topological polar surface area (TPSA) is 40.5 Å². The summed E-state index contributed by atoms with van der Waals surface area (Å²) in [6.45, 7) is 1.72. The van der Waals surface area contributed by atoms with E-state index < -0.39 is 0 Å². The van der Waals surface area contributed by atoms with Crippen molar-refractivity contribution in [1.82, 2.24) is 4.90 Å². The second kappa shape index (κ2) is 6.19. The second-order valence-electron chi connectivity index (χ2n) is 5.75. The van der Waals surface area contributed by atoms with Crippen molar-refractivity contribution in [2.24, 2.45) is 5.92 Å². The standard InChI is InChI=1S/C16H21NO2S/c18-10-12-6-7-17(9-12)16(19)11-20-15-5-4-13-2-1-3-14(13)8-15/h4-5,8,12,18H,1-3,6-7,9-11H2. The molecule has 0 spiro atoms. The molecule has 1 amide bonds. The number of carbonyl (C=O) groups excluding carboxylic acids is 1. The van der Waals surface area contributed by atoms with Crippen molar-refractivity contribution in [3.8, 4) is 0 Å². The Morgan fingerprint density at radius 1 is 1.35 bits per heavy atom. The summed E-state index contributed by atoms with van der Waals surface area (Å²) in [4.78, 5) is 15.2. The van der Waals surface area contributed by atoms with E-state index in [9.17, 15) is 4.79 Å². The molecular weight excluding hydrogens is 270 g/mol. The molecule has 1 aliphatic heterocycles. The van der Waals surface area contributed by atoms with Gasteiger partial charge >= 0.3 is 0 Å². The number of aryl methyl sites for hydroxylation is 2. The molecule has 0 aromatic heterocycles. The number of rotatable bonds is 4. The molecule has 3 nitrogen and oxygen atoms in total. The van der Waals surface area contributed by atoms with E-state index in [1.165, 1.54) is 35.3 Å². The van der Waals surface area contributed by atoms with Gasteiger partial charge in [-0.1, -0.05) is 6.07 Å². The van der Waals surface area contributed by atoms with Crippen molar-refractivity contribution >= 4 is 17.7 Å². The van der Waals surface area contributed by atoms with Crippen LogP contribution in [0, 0.1) is 5.92 Å². The molecule has 1 aliphatic carbocycles. The van der Waals surface area contributed by atoms with Gasteiger partial charge in [-0.3, -0.25) is 4.79 Å². The predicted molar refractivity (Wildman–Crippen MR) is 81.0 cm³/mol. The molecule has 2 aliphatic rings. The number of carbonyl (C=O) groups is 1. The Morgan fingerprint density at radius 2 is 2.20 bits per heavy atom. The molecule has 0 saturated carbocycles. The van der Waals surface area contributed by atoms with Gasteiger partial charge in [-0.05, 0) is 48.9 Å². The molecule has 1 N–H and O–H groups in total. The molecule has 0 radical (unpaired) electrons. The number of benzene rings is 1. The van der Waals surface area contributed by atoms with Crippen molar-refractivity contribution in [3.63, 3.8) is 0 Å². The fraction of sp³-hybridized carbons (Fsp3) is 0.562. The van der Waals surface area contributed by atoms with Gasteiger partial charge in [0.1, 0.15) is 0 Å². The van der Waals surface area contributed by atoms with Crippen LogP contribution in [-0.2, 0) is 17.6 Å². The monoisotopic (exact) mass is 291 g/mol. The lowest BCUT2D eigenvalue weighted by atomic mass is 10.1. The van der Waals surface area contributed by atoms with E-state index in [0.717, 1.165) is 19.5 Å². The Hall–Kier alpha value is -1.00. The molecule has 108 valence electrons. The van der Waals surface area contributed by atoms with Crippen LogP contribution in [0.4, 0.5) is 0 Å². The predicted octanol–water partition coefficient (Wildman–Crippen LogP) is 2.11. The first-order chi connectivity index (χ1) is 9.76. The second-order valence-corrected chi connectivity index (χ2v) is 6.80. The fourth-order valence-corrected chi connectivity index (χ4v) is 3.95. The van der Waals surface area contributed by atoms with Gasteiger partial charge in [-0.2, -0.15) is 0 Å². The number of fused-ring (bicyclic) bond motifs is 1. The quantitative estimate of drug-likeness (QED) is 0.864. The van der Waals surface area contributed by atoms with Crippen LogP contribution in [0.5, 0.6) is 0 Å². The molecule has 1 fully saturated rings. The molecule has 1 aromatic carbocycles. The van der Waals surface area contributed by atoms with Crippen molar-refractivity contribution < 1.29 is 9.90 Å². The largest absolute Gasteiger partial charge is 0.396 e. The van der Waals surface area contributed by atoms with E-state index in [0.29, 0.717) is 5.75 Å². The first-order valence-corrected chi connectivity index (χ1v) is 8.38. The molecule has 1 aromatic rings. The minimum atomic E-state index is 0.196. The Bertz CT molecular complexity index is 503. The van der Waals surface area contributed by atoms with Crippen LogP contribution in [-0.4, -0.2) is 41.4 Å². The Labute approximate surface area is 124 Å². The van der Waals surface area contributed by atoms with Crippen molar-refractivity contribution in [2.45, 2.75) is 30.6 Å². The van der Waals surface area contributed by atoms with Gasteiger partial charge in [0.25, 0.3) is 0 Å². The summed E-state index contributed by atoms with van der Waals surface area (Å²) in [5, 5.41) is 9.12. The number of aliphatic hydroxyl groups is 1. The minimum absolute atomic E-state index is 0.196. The van der Waals surface area contributed by atoms with Crippen LogP contribution in [0.1, 0.15) is 24.0 Å². The molecule has 20 heavy (non-hydrogen) atoms. The molecule has 1 unspecified atom stereocenters. The molecule has 3 rings (SSSR count). The maximum Gasteiger partial charge on any atom is 0.232 e. The third kappa shape index (κ3) is 3.01. The van der Waals surface area contributed by atoms with Crippen molar-refractivity contribution in [1.29, 1.82) is 0 Å². The number of likely N-dealkylation sites (tertiary alicyclic amines) is 1. The molecule has 1 saturated heterocycles. The first kappa shape index (κ1) is 14.0. The third-order valence-electron chi connectivity index (χ3n) is 4.33. The van der Waals surface area contributed by atoms with E-state index in [2.05, 4.69) is 18.2 Å². The highest BCUT2D eigenvalue weighted by atomic mass is 32.2. The van der Waals surface area contributed by atoms with Crippen molar-refractivity contribution in [3.05, 3.63) is 29.3 Å². The summed E-state index contributed by atoms with van der Waals surface area (Å²) in [7, 11) is 0. The van der Waals surface area contributed by atoms with Crippen LogP contribution in [0.2, 0.25) is 0 Å². The SMILES string of the molecule is O=C(CSc1ccc2c(c1)CCC2)N1CCC(CO)C1. The lowest BCUT2D eigenvalue weighted by molar-refractivity contribution is -0.127. The van der Waals surface area contributed by atoms with Crippen LogP contribution < -0.4 is 0 Å². The summed E-state index contributed by atoms with van der Waals surface area (Å²) in [5.74, 6) is 0.993. The number of hydrogen-bond donors (Lipinski definition) is 1. The fourth-order valence-electron chi connectivity index (χ4n) is 3.08. The number of hydrogen-bond acceptors (Lipinski definition) is 3. The molecule has 1 atom stereocenters. The van der Waals surface area contributed by atoms with Crippen molar-refractivity contribution in [2.75, 3.05) is 25.4 Å². The van der Waals surface area contributed by atoms with Crippen LogP contribution >= 0.6 is 11.8 Å². The Morgan fingerprint density at radius 3 is 3.00 bits per heavy atom. The van der Waals surface area contributed by atoms with Gasteiger partial charge in [-0.25, -0.2) is 0 Å². The smallest absolute Gasteiger partial charge is 0.232 e. The average Bonchev–Trinajstić information content (AvgIpc) is 3.12. The van der Waals surface area contributed by atoms with Gasteiger partial charge in [-0.15, -0.1) is 11.8 Å². The number of thioether (sulfide) groups is 1. The van der Waals surface area contributed by atoms with Crippen LogP contribution in [0.15, 0.2) is 23.1 Å². The Kier molecular flexibility index (Phi) is 4.32. The first-order valence-electron chi connectivity index (χ1n) is 7.39. The summed E-state index contributed by atoms with van der Waals surface area (Å²) in [6.07, 6.45) is 4.59. The maximum absolute atomic E-state index is 12.1.